The summed E-state index contributed by atoms with van der Waals surface area (Å²) in [6.45, 7) is 2.28. The second kappa shape index (κ2) is 6.77. The van der Waals surface area contributed by atoms with Crippen LogP contribution in [0.5, 0.6) is 5.88 Å². The summed E-state index contributed by atoms with van der Waals surface area (Å²) < 4.78 is 32.4. The van der Waals surface area contributed by atoms with E-state index in [-0.39, 0.29) is 24.1 Å². The smallest absolute Gasteiger partial charge is 0.289 e. The van der Waals surface area contributed by atoms with Crippen LogP contribution in [0.2, 0.25) is 0 Å². The number of nitro benzene ring substituents is 1. The fourth-order valence-electron chi connectivity index (χ4n) is 2.67. The summed E-state index contributed by atoms with van der Waals surface area (Å²) in [6.07, 6.45) is 1.83. The SMILES string of the molecule is Cc1ccc(OC2CCN(S(=O)(=O)c3ccccc3[N+](=O)[O-])C2)nc1. The van der Waals surface area contributed by atoms with E-state index < -0.39 is 20.6 Å². The molecule has 8 nitrogen and oxygen atoms in total. The number of aryl methyl sites for hydroxylation is 1. The van der Waals surface area contributed by atoms with Crippen LogP contribution in [0.1, 0.15) is 12.0 Å². The van der Waals surface area contributed by atoms with Crippen molar-refractivity contribution in [2.75, 3.05) is 13.1 Å². The maximum atomic E-state index is 12.8. The van der Waals surface area contributed by atoms with Crippen molar-refractivity contribution in [1.29, 1.82) is 0 Å². The summed E-state index contributed by atoms with van der Waals surface area (Å²) >= 11 is 0. The van der Waals surface area contributed by atoms with Gasteiger partial charge in [0.1, 0.15) is 6.10 Å². The van der Waals surface area contributed by atoms with Crippen LogP contribution in [0, 0.1) is 17.0 Å². The van der Waals surface area contributed by atoms with Gasteiger partial charge in [-0.25, -0.2) is 13.4 Å². The lowest BCUT2D eigenvalue weighted by Gasteiger charge is -2.17. The number of ether oxygens (including phenoxy) is 1. The molecule has 0 bridgehead atoms. The first-order valence-corrected chi connectivity index (χ1v) is 9.15. The van der Waals surface area contributed by atoms with E-state index in [9.17, 15) is 18.5 Å². The molecule has 1 aromatic heterocycles. The van der Waals surface area contributed by atoms with Crippen molar-refractivity contribution < 1.29 is 18.1 Å². The van der Waals surface area contributed by atoms with Gasteiger partial charge in [0.15, 0.2) is 4.90 Å². The van der Waals surface area contributed by atoms with E-state index >= 15 is 0 Å². The zero-order valence-electron chi connectivity index (χ0n) is 13.5. The summed E-state index contributed by atoms with van der Waals surface area (Å²) in [6, 6.07) is 8.94. The van der Waals surface area contributed by atoms with Gasteiger partial charge in [-0.3, -0.25) is 10.1 Å². The van der Waals surface area contributed by atoms with Crippen LogP contribution < -0.4 is 4.74 Å². The van der Waals surface area contributed by atoms with E-state index in [1.54, 1.807) is 12.3 Å². The number of nitrogens with zero attached hydrogens (tertiary/aromatic N) is 3. The van der Waals surface area contributed by atoms with Crippen molar-refractivity contribution in [3.8, 4) is 5.88 Å². The van der Waals surface area contributed by atoms with Crippen LogP contribution >= 0.6 is 0 Å². The molecule has 25 heavy (non-hydrogen) atoms. The maximum Gasteiger partial charge on any atom is 0.289 e. The summed E-state index contributed by atoms with van der Waals surface area (Å²) in [5.74, 6) is 0.431. The summed E-state index contributed by atoms with van der Waals surface area (Å²) in [5.41, 5.74) is 0.575. The highest BCUT2D eigenvalue weighted by atomic mass is 32.2. The molecule has 2 aromatic rings. The van der Waals surface area contributed by atoms with Crippen LogP contribution in [-0.4, -0.2) is 41.8 Å². The van der Waals surface area contributed by atoms with Crippen molar-refractivity contribution >= 4 is 15.7 Å². The third-order valence-corrected chi connectivity index (χ3v) is 5.87. The zero-order valence-corrected chi connectivity index (χ0v) is 14.3. The highest BCUT2D eigenvalue weighted by Crippen LogP contribution is 2.29. The minimum Gasteiger partial charge on any atom is -0.473 e. The average molecular weight is 363 g/mol. The predicted molar refractivity (Wildman–Crippen MR) is 89.9 cm³/mol. The number of benzene rings is 1. The van der Waals surface area contributed by atoms with Crippen molar-refractivity contribution in [2.24, 2.45) is 0 Å². The Labute approximate surface area is 145 Å². The van der Waals surface area contributed by atoms with Gasteiger partial charge in [0, 0.05) is 24.9 Å². The molecule has 0 amide bonds. The van der Waals surface area contributed by atoms with Crippen LogP contribution in [-0.2, 0) is 10.0 Å². The molecule has 1 unspecified atom stereocenters. The van der Waals surface area contributed by atoms with Gasteiger partial charge in [0.2, 0.25) is 15.9 Å². The largest absolute Gasteiger partial charge is 0.473 e. The van der Waals surface area contributed by atoms with Crippen LogP contribution in [0.4, 0.5) is 5.69 Å². The Morgan fingerprint density at radius 3 is 2.72 bits per heavy atom. The van der Waals surface area contributed by atoms with Gasteiger partial charge in [0.25, 0.3) is 5.69 Å². The van der Waals surface area contributed by atoms with E-state index in [1.165, 1.54) is 28.6 Å². The van der Waals surface area contributed by atoms with Gasteiger partial charge in [0.05, 0.1) is 11.5 Å². The highest BCUT2D eigenvalue weighted by molar-refractivity contribution is 7.89. The molecule has 1 atom stereocenters. The number of aromatic nitrogens is 1. The zero-order chi connectivity index (χ0) is 18.0. The molecule has 0 aliphatic carbocycles. The van der Waals surface area contributed by atoms with Crippen molar-refractivity contribution in [1.82, 2.24) is 9.29 Å². The molecule has 3 rings (SSSR count). The van der Waals surface area contributed by atoms with E-state index in [2.05, 4.69) is 4.98 Å². The van der Waals surface area contributed by atoms with Gasteiger partial charge in [-0.2, -0.15) is 4.31 Å². The lowest BCUT2D eigenvalue weighted by atomic mass is 10.3. The second-order valence-electron chi connectivity index (χ2n) is 5.79. The molecule has 1 aliphatic heterocycles. The van der Waals surface area contributed by atoms with Gasteiger partial charge < -0.3 is 4.74 Å². The summed E-state index contributed by atoms with van der Waals surface area (Å²) in [4.78, 5) is 14.3. The minimum atomic E-state index is -3.96. The molecule has 0 spiro atoms. The van der Waals surface area contributed by atoms with E-state index in [1.807, 2.05) is 13.0 Å². The molecule has 1 aromatic carbocycles. The first kappa shape index (κ1) is 17.3. The molecule has 1 fully saturated rings. The monoisotopic (exact) mass is 363 g/mol. The van der Waals surface area contributed by atoms with E-state index in [0.29, 0.717) is 12.3 Å². The predicted octanol–water partition coefficient (Wildman–Crippen LogP) is 2.14. The molecule has 9 heteroatoms. The molecule has 2 heterocycles. The molecule has 1 saturated heterocycles. The van der Waals surface area contributed by atoms with Gasteiger partial charge in [-0.15, -0.1) is 0 Å². The Kier molecular flexibility index (Phi) is 4.69. The Hall–Kier alpha value is -2.52. The molecular weight excluding hydrogens is 346 g/mol. The van der Waals surface area contributed by atoms with Gasteiger partial charge >= 0.3 is 0 Å². The third-order valence-electron chi connectivity index (χ3n) is 3.96. The fourth-order valence-corrected chi connectivity index (χ4v) is 4.32. The number of hydrogen-bond donors (Lipinski definition) is 0. The molecule has 1 aliphatic rings. The molecule has 0 saturated carbocycles. The van der Waals surface area contributed by atoms with Gasteiger partial charge in [-0.05, 0) is 25.0 Å². The normalized spacial score (nSPS) is 18.2. The summed E-state index contributed by atoms with van der Waals surface area (Å²) in [7, 11) is -3.96. The van der Waals surface area contributed by atoms with Crippen LogP contribution in [0.3, 0.4) is 0 Å². The first-order chi connectivity index (χ1) is 11.9. The Morgan fingerprint density at radius 2 is 2.04 bits per heavy atom. The van der Waals surface area contributed by atoms with Crippen molar-refractivity contribution in [2.45, 2.75) is 24.3 Å². The fraction of sp³-hybridized carbons (Fsp3) is 0.312. The Bertz CT molecular complexity index is 883. The summed E-state index contributed by atoms with van der Waals surface area (Å²) in [5, 5.41) is 11.1. The molecule has 0 radical (unpaired) electrons. The first-order valence-electron chi connectivity index (χ1n) is 7.71. The lowest BCUT2D eigenvalue weighted by Crippen LogP contribution is -2.31. The number of rotatable bonds is 5. The Balaban J connectivity index is 1.77. The van der Waals surface area contributed by atoms with Crippen molar-refractivity contribution in [3.63, 3.8) is 0 Å². The van der Waals surface area contributed by atoms with Crippen LogP contribution in [0.15, 0.2) is 47.5 Å². The number of para-hydroxylation sites is 1. The lowest BCUT2D eigenvalue weighted by molar-refractivity contribution is -0.387. The molecular formula is C16H17N3O5S. The number of pyridine rings is 1. The second-order valence-corrected chi connectivity index (χ2v) is 7.70. The van der Waals surface area contributed by atoms with Crippen molar-refractivity contribution in [3.05, 3.63) is 58.3 Å². The topological polar surface area (TPSA) is 103 Å². The van der Waals surface area contributed by atoms with E-state index in [0.717, 1.165) is 5.56 Å². The maximum absolute atomic E-state index is 12.8. The highest BCUT2D eigenvalue weighted by Gasteiger charge is 2.37. The molecule has 0 N–H and O–H groups in total. The minimum absolute atomic E-state index is 0.129. The molecule has 132 valence electrons. The van der Waals surface area contributed by atoms with E-state index in [4.69, 9.17) is 4.74 Å². The standard InChI is InChI=1S/C16H17N3O5S/c1-12-6-7-16(17-10-12)24-13-8-9-18(11-13)25(22,23)15-5-3-2-4-14(15)19(20)21/h2-7,10,13H,8-9,11H2,1H3. The Morgan fingerprint density at radius 1 is 1.28 bits per heavy atom. The quantitative estimate of drug-likeness (QED) is 0.596. The number of nitro groups is 1. The van der Waals surface area contributed by atoms with Gasteiger partial charge in [-0.1, -0.05) is 18.2 Å². The number of sulfonamides is 1. The van der Waals surface area contributed by atoms with Crippen LogP contribution in [0.25, 0.3) is 0 Å². The number of hydrogen-bond acceptors (Lipinski definition) is 6. The third kappa shape index (κ3) is 3.62. The average Bonchev–Trinajstić information content (AvgIpc) is 3.06.